The van der Waals surface area contributed by atoms with E-state index >= 15 is 0 Å². The van der Waals surface area contributed by atoms with E-state index in [2.05, 4.69) is 33.9 Å². The van der Waals surface area contributed by atoms with Gasteiger partial charge in [0, 0.05) is 29.7 Å². The van der Waals surface area contributed by atoms with Gasteiger partial charge in [0.05, 0.1) is 5.52 Å². The van der Waals surface area contributed by atoms with E-state index in [0.717, 1.165) is 0 Å². The molecule has 0 aliphatic carbocycles. The smallest absolute Gasteiger partial charge is 0.0559 e. The molecule has 3 aromatic rings. The Hall–Kier alpha value is -2.09. The first-order valence-corrected chi connectivity index (χ1v) is 4.92. The molecule has 15 heavy (non-hydrogen) atoms. The highest BCUT2D eigenvalue weighted by atomic mass is 15.0. The van der Waals surface area contributed by atoms with Crippen molar-refractivity contribution in [3.63, 3.8) is 0 Å². The minimum atomic E-state index is 1.17. The van der Waals surface area contributed by atoms with Crippen LogP contribution in [0.2, 0.25) is 0 Å². The van der Waals surface area contributed by atoms with Crippen molar-refractivity contribution in [2.45, 2.75) is 0 Å². The van der Waals surface area contributed by atoms with Crippen LogP contribution in [-0.2, 0) is 0 Å². The van der Waals surface area contributed by atoms with Crippen LogP contribution in [0.4, 0.5) is 0 Å². The molecule has 2 nitrogen and oxygen atoms in total. The summed E-state index contributed by atoms with van der Waals surface area (Å²) in [6, 6.07) is 14.4. The molecule has 0 spiro atoms. The molecule has 0 aliphatic rings. The van der Waals surface area contributed by atoms with Crippen molar-refractivity contribution in [2.75, 3.05) is 0 Å². The van der Waals surface area contributed by atoms with Gasteiger partial charge >= 0.3 is 0 Å². The summed E-state index contributed by atoms with van der Waals surface area (Å²) < 4.78 is 2.16. The van der Waals surface area contributed by atoms with Gasteiger partial charge in [-0.1, -0.05) is 18.2 Å². The van der Waals surface area contributed by atoms with Crippen molar-refractivity contribution < 1.29 is 0 Å². The highest BCUT2D eigenvalue weighted by Crippen LogP contribution is 2.18. The second kappa shape index (κ2) is 3.24. The fourth-order valence-corrected chi connectivity index (χ4v) is 1.80. The second-order valence-electron chi connectivity index (χ2n) is 3.46. The molecule has 2 heterocycles. The molecule has 0 bridgehead atoms. The van der Waals surface area contributed by atoms with Crippen molar-refractivity contribution in [1.82, 2.24) is 9.55 Å². The molecule has 2 heteroatoms. The summed E-state index contributed by atoms with van der Waals surface area (Å²) in [5, 5.41) is 1.17. The topological polar surface area (TPSA) is 17.8 Å². The third kappa shape index (κ3) is 1.31. The lowest BCUT2D eigenvalue weighted by Crippen LogP contribution is -1.90. The van der Waals surface area contributed by atoms with Gasteiger partial charge in [-0.25, -0.2) is 0 Å². The molecule has 72 valence electrons. The molecule has 0 fully saturated rings. The first-order chi connectivity index (χ1) is 7.45. The molecule has 0 saturated carbocycles. The van der Waals surface area contributed by atoms with Crippen molar-refractivity contribution in [1.29, 1.82) is 0 Å². The largest absolute Gasteiger partial charge is 0.316 e. The number of fused-ring (bicyclic) bond motifs is 1. The normalized spacial score (nSPS) is 10.7. The third-order valence-corrected chi connectivity index (χ3v) is 2.52. The zero-order valence-corrected chi connectivity index (χ0v) is 8.17. The molecular formula is C13H10N2. The summed E-state index contributed by atoms with van der Waals surface area (Å²) in [7, 11) is 0. The first kappa shape index (κ1) is 8.24. The molecule has 2 aromatic heterocycles. The maximum atomic E-state index is 4.11. The minimum absolute atomic E-state index is 1.17. The zero-order chi connectivity index (χ0) is 10.1. The molecule has 0 saturated heterocycles. The molecular weight excluding hydrogens is 184 g/mol. The van der Waals surface area contributed by atoms with E-state index in [9.17, 15) is 0 Å². The van der Waals surface area contributed by atoms with Gasteiger partial charge in [0.2, 0.25) is 0 Å². The van der Waals surface area contributed by atoms with Crippen LogP contribution in [0.5, 0.6) is 0 Å². The number of pyridine rings is 1. The van der Waals surface area contributed by atoms with E-state index in [1.807, 2.05) is 36.7 Å². The summed E-state index contributed by atoms with van der Waals surface area (Å²) in [4.78, 5) is 4.11. The van der Waals surface area contributed by atoms with Gasteiger partial charge in [-0.2, -0.15) is 0 Å². The predicted molar refractivity (Wildman–Crippen MR) is 61.1 cm³/mol. The molecule has 0 aliphatic heterocycles. The van der Waals surface area contributed by atoms with Gasteiger partial charge < -0.3 is 4.57 Å². The maximum absolute atomic E-state index is 4.11. The quantitative estimate of drug-likeness (QED) is 0.582. The van der Waals surface area contributed by atoms with Crippen LogP contribution < -0.4 is 0 Å². The van der Waals surface area contributed by atoms with Crippen LogP contribution in [0.1, 0.15) is 0 Å². The molecule has 0 amide bonds. The standard InChI is InChI=1S/C13H10N2/c1-2-4-12(5-3-1)15-9-7-11-10-14-8-6-13(11)15/h1-10H. The average Bonchev–Trinajstić information content (AvgIpc) is 2.74. The summed E-state index contributed by atoms with van der Waals surface area (Å²) in [6.07, 6.45) is 5.78. The summed E-state index contributed by atoms with van der Waals surface area (Å²) >= 11 is 0. The molecule has 0 N–H and O–H groups in total. The SMILES string of the molecule is c1ccc(-n2ccc3cnccc32)cc1. The van der Waals surface area contributed by atoms with E-state index in [-0.39, 0.29) is 0 Å². The number of nitrogens with zero attached hydrogens (tertiary/aromatic N) is 2. The summed E-state index contributed by atoms with van der Waals surface area (Å²) in [5.74, 6) is 0. The van der Waals surface area contributed by atoms with Gasteiger partial charge in [0.25, 0.3) is 0 Å². The fourth-order valence-electron chi connectivity index (χ4n) is 1.80. The maximum Gasteiger partial charge on any atom is 0.0559 e. The molecule has 0 radical (unpaired) electrons. The Kier molecular flexibility index (Phi) is 1.78. The molecule has 3 rings (SSSR count). The Morgan fingerprint density at radius 3 is 2.67 bits per heavy atom. The fraction of sp³-hybridized carbons (Fsp3) is 0. The summed E-state index contributed by atoms with van der Waals surface area (Å²) in [6.45, 7) is 0. The predicted octanol–water partition coefficient (Wildman–Crippen LogP) is 3.03. The number of aromatic nitrogens is 2. The number of benzene rings is 1. The Bertz CT molecular complexity index is 582. The van der Waals surface area contributed by atoms with Crippen molar-refractivity contribution in [2.24, 2.45) is 0 Å². The van der Waals surface area contributed by atoms with Gasteiger partial charge in [0.1, 0.15) is 0 Å². The van der Waals surface area contributed by atoms with Crippen molar-refractivity contribution >= 4 is 10.9 Å². The van der Waals surface area contributed by atoms with Gasteiger partial charge in [-0.15, -0.1) is 0 Å². The monoisotopic (exact) mass is 194 g/mol. The van der Waals surface area contributed by atoms with Crippen molar-refractivity contribution in [3.05, 3.63) is 61.1 Å². The molecule has 1 aromatic carbocycles. The Morgan fingerprint density at radius 2 is 1.80 bits per heavy atom. The Balaban J connectivity index is 2.28. The Labute approximate surface area is 87.8 Å². The number of rotatable bonds is 1. The molecule has 0 atom stereocenters. The first-order valence-electron chi connectivity index (χ1n) is 4.92. The van der Waals surface area contributed by atoms with E-state index in [1.165, 1.54) is 16.6 Å². The van der Waals surface area contributed by atoms with Crippen LogP contribution in [0, 0.1) is 0 Å². The number of hydrogen-bond donors (Lipinski definition) is 0. The third-order valence-electron chi connectivity index (χ3n) is 2.52. The van der Waals surface area contributed by atoms with E-state index < -0.39 is 0 Å². The van der Waals surface area contributed by atoms with E-state index in [4.69, 9.17) is 0 Å². The highest BCUT2D eigenvalue weighted by Gasteiger charge is 2.00. The van der Waals surface area contributed by atoms with Crippen LogP contribution in [0.25, 0.3) is 16.6 Å². The van der Waals surface area contributed by atoms with Crippen LogP contribution in [-0.4, -0.2) is 9.55 Å². The van der Waals surface area contributed by atoms with Gasteiger partial charge in [-0.3, -0.25) is 4.98 Å². The second-order valence-corrected chi connectivity index (χ2v) is 3.46. The average molecular weight is 194 g/mol. The van der Waals surface area contributed by atoms with Crippen molar-refractivity contribution in [3.8, 4) is 5.69 Å². The lowest BCUT2D eigenvalue weighted by Gasteiger charge is -2.03. The number of para-hydroxylation sites is 1. The molecule has 0 unspecified atom stereocenters. The van der Waals surface area contributed by atoms with Crippen LogP contribution in [0.15, 0.2) is 61.1 Å². The van der Waals surface area contributed by atoms with E-state index in [1.54, 1.807) is 0 Å². The van der Waals surface area contributed by atoms with Gasteiger partial charge in [0.15, 0.2) is 0 Å². The summed E-state index contributed by atoms with van der Waals surface area (Å²) in [5.41, 5.74) is 2.37. The minimum Gasteiger partial charge on any atom is -0.316 e. The Morgan fingerprint density at radius 1 is 0.933 bits per heavy atom. The lowest BCUT2D eigenvalue weighted by molar-refractivity contribution is 1.12. The van der Waals surface area contributed by atoms with Gasteiger partial charge in [-0.05, 0) is 24.3 Å². The number of hydrogen-bond acceptors (Lipinski definition) is 1. The van der Waals surface area contributed by atoms with Crippen LogP contribution >= 0.6 is 0 Å². The van der Waals surface area contributed by atoms with E-state index in [0.29, 0.717) is 0 Å². The zero-order valence-electron chi connectivity index (χ0n) is 8.17. The van der Waals surface area contributed by atoms with Crippen LogP contribution in [0.3, 0.4) is 0 Å². The highest BCUT2D eigenvalue weighted by molar-refractivity contribution is 5.80. The lowest BCUT2D eigenvalue weighted by atomic mass is 10.3.